The van der Waals surface area contributed by atoms with Crippen LogP contribution < -0.4 is 10.0 Å². The first-order valence-electron chi connectivity index (χ1n) is 6.74. The SMILES string of the molecule is CCCNCCCS(=O)(=O)NC(C)CC1CC1. The summed E-state index contributed by atoms with van der Waals surface area (Å²) >= 11 is 0. The van der Waals surface area contributed by atoms with Gasteiger partial charge in [-0.05, 0) is 45.2 Å². The lowest BCUT2D eigenvalue weighted by molar-refractivity contribution is 0.527. The van der Waals surface area contributed by atoms with Gasteiger partial charge in [0.2, 0.25) is 10.0 Å². The van der Waals surface area contributed by atoms with E-state index in [1.807, 2.05) is 6.92 Å². The molecule has 1 saturated carbocycles. The summed E-state index contributed by atoms with van der Waals surface area (Å²) in [5.41, 5.74) is 0. The van der Waals surface area contributed by atoms with Gasteiger partial charge in [-0.15, -0.1) is 0 Å². The third kappa shape index (κ3) is 7.73. The van der Waals surface area contributed by atoms with Crippen LogP contribution in [0.5, 0.6) is 0 Å². The lowest BCUT2D eigenvalue weighted by Crippen LogP contribution is -2.35. The molecule has 0 spiro atoms. The van der Waals surface area contributed by atoms with Crippen molar-refractivity contribution in [3.05, 3.63) is 0 Å². The molecule has 5 heteroatoms. The van der Waals surface area contributed by atoms with Crippen molar-refractivity contribution < 1.29 is 8.42 Å². The van der Waals surface area contributed by atoms with Gasteiger partial charge in [0.1, 0.15) is 0 Å². The van der Waals surface area contributed by atoms with Crippen LogP contribution in [0.2, 0.25) is 0 Å². The Morgan fingerprint density at radius 3 is 2.59 bits per heavy atom. The van der Waals surface area contributed by atoms with Crippen LogP contribution in [0.3, 0.4) is 0 Å². The van der Waals surface area contributed by atoms with E-state index in [9.17, 15) is 8.42 Å². The van der Waals surface area contributed by atoms with Gasteiger partial charge in [-0.1, -0.05) is 19.8 Å². The molecule has 0 aromatic heterocycles. The second kappa shape index (κ2) is 7.34. The number of sulfonamides is 1. The Kier molecular flexibility index (Phi) is 6.44. The Labute approximate surface area is 106 Å². The second-order valence-corrected chi connectivity index (χ2v) is 6.99. The largest absolute Gasteiger partial charge is 0.317 e. The fourth-order valence-corrected chi connectivity index (χ4v) is 3.31. The number of rotatable bonds is 10. The van der Waals surface area contributed by atoms with Crippen molar-refractivity contribution in [2.24, 2.45) is 5.92 Å². The van der Waals surface area contributed by atoms with Gasteiger partial charge in [0.25, 0.3) is 0 Å². The first kappa shape index (κ1) is 14.9. The molecule has 0 bridgehead atoms. The summed E-state index contributed by atoms with van der Waals surface area (Å²) in [5, 5.41) is 3.21. The molecule has 1 aliphatic carbocycles. The lowest BCUT2D eigenvalue weighted by Gasteiger charge is -2.13. The molecule has 0 aromatic carbocycles. The average Bonchev–Trinajstić information content (AvgIpc) is 3.00. The summed E-state index contributed by atoms with van der Waals surface area (Å²) in [6.45, 7) is 5.81. The standard InChI is InChI=1S/C12H26N2O2S/c1-3-7-13-8-4-9-17(15,16)14-11(2)10-12-5-6-12/h11-14H,3-10H2,1-2H3. The van der Waals surface area contributed by atoms with E-state index < -0.39 is 10.0 Å². The smallest absolute Gasteiger partial charge is 0.211 e. The van der Waals surface area contributed by atoms with Crippen LogP contribution in [0.1, 0.15) is 46.0 Å². The highest BCUT2D eigenvalue weighted by atomic mass is 32.2. The molecular weight excluding hydrogens is 236 g/mol. The molecule has 0 radical (unpaired) electrons. The van der Waals surface area contributed by atoms with Gasteiger partial charge in [-0.3, -0.25) is 0 Å². The highest BCUT2D eigenvalue weighted by Gasteiger charge is 2.25. The first-order valence-corrected chi connectivity index (χ1v) is 8.39. The van der Waals surface area contributed by atoms with Crippen molar-refractivity contribution in [2.75, 3.05) is 18.8 Å². The number of hydrogen-bond acceptors (Lipinski definition) is 3. The Bertz CT molecular complexity index is 300. The number of nitrogens with one attached hydrogen (secondary N) is 2. The maximum atomic E-state index is 11.7. The average molecular weight is 262 g/mol. The molecule has 17 heavy (non-hydrogen) atoms. The van der Waals surface area contributed by atoms with Gasteiger partial charge in [-0.25, -0.2) is 13.1 Å². The van der Waals surface area contributed by atoms with E-state index in [1.165, 1.54) is 12.8 Å². The summed E-state index contributed by atoms with van der Waals surface area (Å²) in [6, 6.07) is 0.0936. The molecule has 1 atom stereocenters. The molecule has 4 nitrogen and oxygen atoms in total. The Hall–Kier alpha value is -0.130. The van der Waals surface area contributed by atoms with E-state index in [0.29, 0.717) is 6.42 Å². The van der Waals surface area contributed by atoms with Gasteiger partial charge >= 0.3 is 0 Å². The third-order valence-corrected chi connectivity index (χ3v) is 4.55. The Morgan fingerprint density at radius 1 is 1.29 bits per heavy atom. The second-order valence-electron chi connectivity index (χ2n) is 5.12. The maximum Gasteiger partial charge on any atom is 0.211 e. The van der Waals surface area contributed by atoms with Crippen LogP contribution in [0.4, 0.5) is 0 Å². The molecule has 0 saturated heterocycles. The van der Waals surface area contributed by atoms with E-state index >= 15 is 0 Å². The summed E-state index contributed by atoms with van der Waals surface area (Å²) in [6.07, 6.45) is 5.31. The quantitative estimate of drug-likeness (QED) is 0.586. The molecule has 2 N–H and O–H groups in total. The first-order chi connectivity index (χ1) is 8.03. The van der Waals surface area contributed by atoms with Crippen molar-refractivity contribution in [2.45, 2.75) is 52.0 Å². The topological polar surface area (TPSA) is 58.2 Å². The van der Waals surface area contributed by atoms with Gasteiger partial charge in [0, 0.05) is 6.04 Å². The Morgan fingerprint density at radius 2 is 2.00 bits per heavy atom. The third-order valence-electron chi connectivity index (χ3n) is 2.96. The lowest BCUT2D eigenvalue weighted by atomic mass is 10.2. The van der Waals surface area contributed by atoms with E-state index in [2.05, 4.69) is 17.0 Å². The van der Waals surface area contributed by atoms with Crippen LogP contribution in [0.25, 0.3) is 0 Å². The van der Waals surface area contributed by atoms with E-state index in [-0.39, 0.29) is 11.8 Å². The molecule has 0 amide bonds. The molecule has 1 rings (SSSR count). The van der Waals surface area contributed by atoms with Crippen LogP contribution >= 0.6 is 0 Å². The predicted octanol–water partition coefficient (Wildman–Crippen LogP) is 1.48. The maximum absolute atomic E-state index is 11.7. The predicted molar refractivity (Wildman–Crippen MR) is 71.5 cm³/mol. The summed E-state index contributed by atoms with van der Waals surface area (Å²) < 4.78 is 26.2. The Balaban J connectivity index is 2.11. The van der Waals surface area contributed by atoms with Crippen molar-refractivity contribution in [1.29, 1.82) is 0 Å². The molecule has 0 aromatic rings. The molecule has 1 fully saturated rings. The zero-order chi connectivity index (χ0) is 12.7. The minimum atomic E-state index is -3.08. The van der Waals surface area contributed by atoms with Crippen LogP contribution in [-0.4, -0.2) is 33.3 Å². The summed E-state index contributed by atoms with van der Waals surface area (Å²) in [5.74, 6) is 0.998. The fourth-order valence-electron chi connectivity index (χ4n) is 1.96. The minimum absolute atomic E-state index is 0.0936. The zero-order valence-corrected chi connectivity index (χ0v) is 11.9. The molecular formula is C12H26N2O2S. The van der Waals surface area contributed by atoms with Gasteiger partial charge < -0.3 is 5.32 Å². The number of hydrogen-bond donors (Lipinski definition) is 2. The molecule has 0 heterocycles. The van der Waals surface area contributed by atoms with Gasteiger partial charge in [0.05, 0.1) is 5.75 Å². The minimum Gasteiger partial charge on any atom is -0.317 e. The molecule has 1 aliphatic rings. The highest BCUT2D eigenvalue weighted by Crippen LogP contribution is 2.33. The van der Waals surface area contributed by atoms with Crippen molar-refractivity contribution in [1.82, 2.24) is 10.0 Å². The monoisotopic (exact) mass is 262 g/mol. The highest BCUT2D eigenvalue weighted by molar-refractivity contribution is 7.89. The van der Waals surface area contributed by atoms with E-state index in [1.54, 1.807) is 0 Å². The summed E-state index contributed by atoms with van der Waals surface area (Å²) in [7, 11) is -3.08. The van der Waals surface area contributed by atoms with Crippen molar-refractivity contribution >= 4 is 10.0 Å². The molecule has 0 aliphatic heterocycles. The van der Waals surface area contributed by atoms with Crippen molar-refractivity contribution in [3.8, 4) is 0 Å². The van der Waals surface area contributed by atoms with Crippen LogP contribution in [0.15, 0.2) is 0 Å². The normalized spacial score (nSPS) is 18.2. The van der Waals surface area contributed by atoms with Crippen molar-refractivity contribution in [3.63, 3.8) is 0 Å². The van der Waals surface area contributed by atoms with Gasteiger partial charge in [-0.2, -0.15) is 0 Å². The van der Waals surface area contributed by atoms with E-state index in [0.717, 1.165) is 31.8 Å². The fraction of sp³-hybridized carbons (Fsp3) is 1.00. The molecule has 1 unspecified atom stereocenters. The zero-order valence-electron chi connectivity index (χ0n) is 11.0. The van der Waals surface area contributed by atoms with E-state index in [4.69, 9.17) is 0 Å². The molecule has 102 valence electrons. The summed E-state index contributed by atoms with van der Waals surface area (Å²) in [4.78, 5) is 0. The van der Waals surface area contributed by atoms with Crippen LogP contribution in [0, 0.1) is 5.92 Å². The van der Waals surface area contributed by atoms with Gasteiger partial charge in [0.15, 0.2) is 0 Å². The van der Waals surface area contributed by atoms with Crippen LogP contribution in [-0.2, 0) is 10.0 Å².